The summed E-state index contributed by atoms with van der Waals surface area (Å²) in [5.74, 6) is 14.3. The van der Waals surface area contributed by atoms with Crippen molar-refractivity contribution >= 4 is 33.1 Å². The number of hydrogen-bond donors (Lipinski definition) is 0. The third kappa shape index (κ3) is 33.4. The summed E-state index contributed by atoms with van der Waals surface area (Å²) < 4.78 is 40.9. The highest BCUT2D eigenvalue weighted by Gasteiger charge is 2.33. The van der Waals surface area contributed by atoms with Gasteiger partial charge in [-0.2, -0.15) is 5.10 Å². The van der Waals surface area contributed by atoms with Gasteiger partial charge in [0.15, 0.2) is 5.65 Å². The minimum Gasteiger partial charge on any atom is -0.481 e. The molecule has 3 aliphatic carbocycles. The molecule has 9 aromatic rings. The van der Waals surface area contributed by atoms with E-state index in [1.54, 1.807) is 19.0 Å². The van der Waals surface area contributed by atoms with Gasteiger partial charge in [0.05, 0.1) is 22.4 Å². The van der Waals surface area contributed by atoms with Crippen molar-refractivity contribution in [2.75, 3.05) is 113 Å². The van der Waals surface area contributed by atoms with Crippen LogP contribution in [-0.4, -0.2) is 209 Å². The van der Waals surface area contributed by atoms with Crippen LogP contribution in [0.3, 0.4) is 0 Å². The fourth-order valence-electron chi connectivity index (χ4n) is 14.7. The van der Waals surface area contributed by atoms with E-state index in [1.807, 2.05) is 245 Å². The lowest BCUT2D eigenvalue weighted by Crippen LogP contribution is -2.49. The molecule has 0 unspecified atom stereocenters. The molecule has 18 heteroatoms. The molecule has 0 bridgehead atoms. The maximum absolute atomic E-state index is 7.57. The van der Waals surface area contributed by atoms with E-state index in [4.69, 9.17) is 18.7 Å². The third-order valence-corrected chi connectivity index (χ3v) is 19.9. The molecule has 0 N–H and O–H groups in total. The number of rotatable bonds is 11. The number of likely N-dealkylation sites (N-methyl/N-ethyl adjacent to an activating group) is 3. The topological polar surface area (TPSA) is 143 Å². The molecule has 0 atom stereocenters. The second kappa shape index (κ2) is 65.9. The molecule has 6 fully saturated rings. The van der Waals surface area contributed by atoms with Crippen molar-refractivity contribution in [3.8, 4) is 46.3 Å². The zero-order valence-corrected chi connectivity index (χ0v) is 77.2. The van der Waals surface area contributed by atoms with Gasteiger partial charge in [0.25, 0.3) is 0 Å². The standard InChI is InChI=1S/C26H31N5O.C25H30N6O.C23H29N5.12C2H6/c1-29-13-15-30(16-14-29)22-9-11-23(12-10-22)31-19-21(25-18-27-20-28-26(25)31)6-5-17-32-24-7-3-2-4-8-24;1-29-13-15-30(16-14-29)20-9-11-21(12-10-20)31-25-23(18-26-19-27-25)24(28-31)8-5-17-32-22-6-3-2-4-7-22;1-26-11-13-27(14-12-26)19-7-9-20(10-8-19)28-16-22(18-5-3-2-4-6-18)21-15-24-17-25-23(21)28;12*1-2/h2-4,7-8,18-20,22-23H,9-17H2,1H3;2-4,6-7,18-21H,9-17H2,1H3;2-6,15-17,19-20H,7-14H2,1H3;12*1-2H3/i3*1D;;;;;;;;;;;;. The molecule has 3 saturated carbocycles. The number of fused-ring (bicyclic) bond motifs is 3. The first-order valence-corrected chi connectivity index (χ1v) is 45.4. The molecular formula is C98H162N16O2. The van der Waals surface area contributed by atoms with Crippen LogP contribution in [0.15, 0.2) is 141 Å². The lowest BCUT2D eigenvalue weighted by Gasteiger charge is -2.41. The van der Waals surface area contributed by atoms with Crippen molar-refractivity contribution in [3.05, 3.63) is 152 Å². The van der Waals surface area contributed by atoms with Gasteiger partial charge in [0.2, 0.25) is 0 Å². The number of hydrogen-bond acceptors (Lipinski definition) is 15. The van der Waals surface area contributed by atoms with Gasteiger partial charge >= 0.3 is 0 Å². The quantitative estimate of drug-likeness (QED) is 0.113. The zero-order valence-electron chi connectivity index (χ0n) is 80.2. The van der Waals surface area contributed by atoms with Crippen LogP contribution in [0.1, 0.15) is 277 Å². The summed E-state index contributed by atoms with van der Waals surface area (Å²) in [5, 5.41) is 7.92. The summed E-state index contributed by atoms with van der Waals surface area (Å²) in [6, 6.07) is 33.3. The van der Waals surface area contributed by atoms with E-state index < -0.39 is 0 Å². The van der Waals surface area contributed by atoms with Crippen LogP contribution >= 0.6 is 0 Å². The first kappa shape index (κ1) is 100. The fourth-order valence-corrected chi connectivity index (χ4v) is 14.7. The summed E-state index contributed by atoms with van der Waals surface area (Å²) in [6.07, 6.45) is 29.1. The zero-order chi connectivity index (χ0) is 88.6. The Morgan fingerprint density at radius 3 is 1.05 bits per heavy atom. The summed E-state index contributed by atoms with van der Waals surface area (Å²) in [5.41, 5.74) is 7.05. The first-order chi connectivity index (χ1) is 59.0. The lowest BCUT2D eigenvalue weighted by molar-refractivity contribution is 0.0815. The molecule has 116 heavy (non-hydrogen) atoms. The third-order valence-electron chi connectivity index (χ3n) is 19.9. The van der Waals surface area contributed by atoms with Crippen LogP contribution < -0.4 is 9.47 Å². The van der Waals surface area contributed by atoms with E-state index in [-0.39, 0.29) is 0 Å². The number of ether oxygens (including phenoxy) is 2. The van der Waals surface area contributed by atoms with Crippen LogP contribution in [-0.2, 0) is 0 Å². The largest absolute Gasteiger partial charge is 0.481 e. The fraction of sp³-hybridized carbons (Fsp3) is 0.602. The van der Waals surface area contributed by atoms with Gasteiger partial charge < -0.3 is 33.3 Å². The van der Waals surface area contributed by atoms with Crippen molar-refractivity contribution in [2.45, 2.75) is 279 Å². The van der Waals surface area contributed by atoms with Crippen LogP contribution in [0.2, 0.25) is 0 Å². The molecular weight excluding hydrogens is 1430 g/mol. The van der Waals surface area contributed by atoms with Gasteiger partial charge in [0.1, 0.15) is 60.7 Å². The predicted molar refractivity (Wildman–Crippen MR) is 501 cm³/mol. The van der Waals surface area contributed by atoms with E-state index in [9.17, 15) is 0 Å². The Bertz CT molecular complexity index is 3800. The normalized spacial score (nSPS) is 19.3. The van der Waals surface area contributed by atoms with E-state index in [2.05, 4.69) is 140 Å². The van der Waals surface area contributed by atoms with E-state index in [0.717, 1.165) is 160 Å². The SMILES string of the molecule is CC.CC.CC.CC.CC.CC.CC.CC.CC.CC.CC.CC.[2H]CN1CCN(C2CCC(n3cc(-c4ccccc4)c4cncnc43)CC2)CC1.[2H]CN1CCN(C2CCC(n3cc(C#CCOc4ccccc4)c4cncnc43)CC2)CC1.[2H]CN1CCN(C2CCC(n3nc(C#CCOc4ccccc4)c4cncnc43)CC2)CC1. The number of benzene rings is 3. The molecule has 6 aromatic heterocycles. The predicted octanol–water partition coefficient (Wildman–Crippen LogP) is 22.7. The highest BCUT2D eigenvalue weighted by Crippen LogP contribution is 2.39. The second-order valence-corrected chi connectivity index (χ2v) is 25.5. The van der Waals surface area contributed by atoms with Crippen LogP contribution in [0.5, 0.6) is 11.5 Å². The molecule has 18 nitrogen and oxygen atoms in total. The highest BCUT2D eigenvalue weighted by molar-refractivity contribution is 5.93. The van der Waals surface area contributed by atoms with Crippen LogP contribution in [0.4, 0.5) is 0 Å². The Kier molecular flexibility index (Phi) is 57.0. The van der Waals surface area contributed by atoms with Gasteiger partial charge in [0, 0.05) is 155 Å². The van der Waals surface area contributed by atoms with Gasteiger partial charge in [-0.05, 0) is 134 Å². The minimum absolute atomic E-state index is 0.310. The Hall–Kier alpha value is -8.07. The molecule has 3 aromatic carbocycles. The molecule has 6 aliphatic rings. The van der Waals surface area contributed by atoms with Gasteiger partial charge in [-0.15, -0.1) is 0 Å². The van der Waals surface area contributed by atoms with Crippen LogP contribution in [0, 0.1) is 23.7 Å². The highest BCUT2D eigenvalue weighted by atomic mass is 16.5. The number of aromatic nitrogens is 10. The van der Waals surface area contributed by atoms with Crippen molar-refractivity contribution in [3.63, 3.8) is 0 Å². The molecule has 0 spiro atoms. The summed E-state index contributed by atoms with van der Waals surface area (Å²) >= 11 is 0. The molecule has 3 saturated heterocycles. The van der Waals surface area contributed by atoms with Crippen molar-refractivity contribution in [1.29, 1.82) is 0 Å². The van der Waals surface area contributed by atoms with Crippen LogP contribution in [0.25, 0.3) is 44.2 Å². The van der Waals surface area contributed by atoms with Crippen molar-refractivity contribution in [2.24, 2.45) is 0 Å². The minimum atomic E-state index is 0.310. The molecule has 15 rings (SSSR count). The Morgan fingerprint density at radius 1 is 0.345 bits per heavy atom. The lowest BCUT2D eigenvalue weighted by atomic mass is 9.89. The Morgan fingerprint density at radius 2 is 0.664 bits per heavy atom. The number of piperazine rings is 3. The Labute approximate surface area is 712 Å². The second-order valence-electron chi connectivity index (χ2n) is 25.5. The first-order valence-electron chi connectivity index (χ1n) is 47.5. The maximum Gasteiger partial charge on any atom is 0.162 e. The summed E-state index contributed by atoms with van der Waals surface area (Å²) in [4.78, 5) is 41.1. The molecule has 0 amide bonds. The smallest absolute Gasteiger partial charge is 0.162 e. The number of para-hydroxylation sites is 2. The van der Waals surface area contributed by atoms with Crippen molar-refractivity contribution in [1.82, 2.24) is 78.2 Å². The summed E-state index contributed by atoms with van der Waals surface area (Å²) in [7, 11) is 1.28. The monoisotopic (exact) mass is 1600 g/mol. The van der Waals surface area contributed by atoms with Gasteiger partial charge in [-0.3, -0.25) is 14.7 Å². The van der Waals surface area contributed by atoms with Crippen molar-refractivity contribution < 1.29 is 13.6 Å². The number of nitrogens with zero attached hydrogens (tertiary/aromatic N) is 16. The molecule has 9 heterocycles. The average molecular weight is 1600 g/mol. The molecule has 3 aliphatic heterocycles. The van der Waals surface area contributed by atoms with Gasteiger partial charge in [-0.25, -0.2) is 34.6 Å². The molecule has 0 radical (unpaired) electrons. The van der Waals surface area contributed by atoms with E-state index in [0.29, 0.717) is 70.5 Å². The van der Waals surface area contributed by atoms with Gasteiger partial charge in [-0.1, -0.05) is 251 Å². The Balaban J connectivity index is 0.000000791. The average Bonchev–Trinajstić information content (AvgIpc) is 1.63. The maximum atomic E-state index is 7.57. The van der Waals surface area contributed by atoms with E-state index in [1.165, 1.54) is 62.5 Å². The van der Waals surface area contributed by atoms with E-state index >= 15 is 0 Å². The summed E-state index contributed by atoms with van der Waals surface area (Å²) in [6.45, 7) is 61.4. The molecule has 646 valence electrons.